The molecule has 0 aliphatic heterocycles. The van der Waals surface area contributed by atoms with E-state index in [9.17, 15) is 13.2 Å². The Kier molecular flexibility index (Phi) is 6.40. The molecule has 8 heteroatoms. The lowest BCUT2D eigenvalue weighted by Gasteiger charge is -2.11. The molecule has 1 aromatic heterocycles. The topological polar surface area (TPSA) is 100 Å². The van der Waals surface area contributed by atoms with Crippen LogP contribution in [0.3, 0.4) is 0 Å². The summed E-state index contributed by atoms with van der Waals surface area (Å²) in [6, 6.07) is 3.35. The summed E-state index contributed by atoms with van der Waals surface area (Å²) in [6.45, 7) is 4.38. The van der Waals surface area contributed by atoms with Gasteiger partial charge in [-0.1, -0.05) is 6.92 Å². The predicted molar refractivity (Wildman–Crippen MR) is 76.9 cm³/mol. The summed E-state index contributed by atoms with van der Waals surface area (Å²) < 4.78 is 26.7. The maximum Gasteiger partial charge on any atom is 0.260 e. The van der Waals surface area contributed by atoms with E-state index in [1.54, 1.807) is 12.1 Å². The number of amides is 1. The van der Waals surface area contributed by atoms with Gasteiger partial charge in [-0.25, -0.2) is 18.1 Å². The molecule has 0 aliphatic rings. The number of aromatic nitrogens is 1. The summed E-state index contributed by atoms with van der Waals surface area (Å²) in [5, 5.41) is 5.51. The first-order chi connectivity index (χ1) is 9.47. The number of pyridine rings is 1. The SMILES string of the molecule is CCCNc1cccnc1S(=O)(=O)NCCNC(C)=O. The molecule has 0 aromatic carbocycles. The zero-order valence-electron chi connectivity index (χ0n) is 11.6. The molecule has 1 heterocycles. The molecule has 0 fully saturated rings. The van der Waals surface area contributed by atoms with Gasteiger partial charge in [-0.15, -0.1) is 0 Å². The largest absolute Gasteiger partial charge is 0.383 e. The molecule has 0 spiro atoms. The number of anilines is 1. The Morgan fingerprint density at radius 2 is 2.05 bits per heavy atom. The Bertz CT molecular complexity index is 545. The number of hydrogen-bond acceptors (Lipinski definition) is 5. The summed E-state index contributed by atoms with van der Waals surface area (Å²) in [5.41, 5.74) is 0.473. The minimum atomic E-state index is -3.69. The number of sulfonamides is 1. The van der Waals surface area contributed by atoms with Crippen molar-refractivity contribution in [2.24, 2.45) is 0 Å². The molecular weight excluding hydrogens is 280 g/mol. The third-order valence-electron chi connectivity index (χ3n) is 2.38. The van der Waals surface area contributed by atoms with Crippen LogP contribution in [0, 0.1) is 0 Å². The van der Waals surface area contributed by atoms with Gasteiger partial charge in [-0.2, -0.15) is 0 Å². The quantitative estimate of drug-likeness (QED) is 0.600. The summed E-state index contributed by atoms with van der Waals surface area (Å²) in [7, 11) is -3.69. The lowest BCUT2D eigenvalue weighted by Crippen LogP contribution is -2.34. The molecule has 1 amide bonds. The van der Waals surface area contributed by atoms with Crippen molar-refractivity contribution in [3.05, 3.63) is 18.3 Å². The van der Waals surface area contributed by atoms with Crippen LogP contribution in [0.5, 0.6) is 0 Å². The van der Waals surface area contributed by atoms with Crippen molar-refractivity contribution in [1.29, 1.82) is 0 Å². The summed E-state index contributed by atoms with van der Waals surface area (Å²) >= 11 is 0. The van der Waals surface area contributed by atoms with E-state index in [-0.39, 0.29) is 24.0 Å². The summed E-state index contributed by atoms with van der Waals surface area (Å²) in [6.07, 6.45) is 2.31. The van der Waals surface area contributed by atoms with Gasteiger partial charge < -0.3 is 10.6 Å². The second kappa shape index (κ2) is 7.81. The molecule has 3 N–H and O–H groups in total. The first kappa shape index (κ1) is 16.4. The maximum atomic E-state index is 12.1. The molecule has 112 valence electrons. The highest BCUT2D eigenvalue weighted by Crippen LogP contribution is 2.17. The van der Waals surface area contributed by atoms with Gasteiger partial charge in [-0.05, 0) is 18.6 Å². The average molecular weight is 300 g/mol. The van der Waals surface area contributed by atoms with Crippen molar-refractivity contribution in [3.8, 4) is 0 Å². The van der Waals surface area contributed by atoms with Gasteiger partial charge in [0.15, 0.2) is 5.03 Å². The average Bonchev–Trinajstić information content (AvgIpc) is 2.41. The molecule has 0 atom stereocenters. The standard InChI is InChI=1S/C12H20N4O3S/c1-3-6-14-11-5-4-7-15-12(11)20(18,19)16-9-8-13-10(2)17/h4-5,7,14,16H,3,6,8-9H2,1-2H3,(H,13,17). The van der Waals surface area contributed by atoms with Gasteiger partial charge in [0.05, 0.1) is 5.69 Å². The lowest BCUT2D eigenvalue weighted by atomic mass is 10.4. The van der Waals surface area contributed by atoms with E-state index in [2.05, 4.69) is 20.3 Å². The lowest BCUT2D eigenvalue weighted by molar-refractivity contribution is -0.118. The normalized spacial score (nSPS) is 11.1. The third-order valence-corrected chi connectivity index (χ3v) is 3.80. The molecule has 0 radical (unpaired) electrons. The smallest absolute Gasteiger partial charge is 0.260 e. The van der Waals surface area contributed by atoms with E-state index in [0.717, 1.165) is 6.42 Å². The molecular formula is C12H20N4O3S. The Hall–Kier alpha value is -1.67. The van der Waals surface area contributed by atoms with Crippen LogP contribution >= 0.6 is 0 Å². The van der Waals surface area contributed by atoms with Crippen molar-refractivity contribution < 1.29 is 13.2 Å². The fraction of sp³-hybridized carbons (Fsp3) is 0.500. The van der Waals surface area contributed by atoms with Crippen LogP contribution in [0.15, 0.2) is 23.4 Å². The van der Waals surface area contributed by atoms with Crippen molar-refractivity contribution in [1.82, 2.24) is 15.0 Å². The van der Waals surface area contributed by atoms with E-state index in [1.165, 1.54) is 13.1 Å². The Labute approximate surface area is 119 Å². The number of hydrogen-bond donors (Lipinski definition) is 3. The summed E-state index contributed by atoms with van der Waals surface area (Å²) in [4.78, 5) is 14.6. The van der Waals surface area contributed by atoms with Crippen LogP contribution in [0.1, 0.15) is 20.3 Å². The highest BCUT2D eigenvalue weighted by molar-refractivity contribution is 7.89. The van der Waals surface area contributed by atoms with Crippen LogP contribution < -0.4 is 15.4 Å². The fourth-order valence-electron chi connectivity index (χ4n) is 1.49. The number of nitrogens with zero attached hydrogens (tertiary/aromatic N) is 1. The van der Waals surface area contributed by atoms with Crippen molar-refractivity contribution >= 4 is 21.6 Å². The zero-order valence-corrected chi connectivity index (χ0v) is 12.5. The first-order valence-corrected chi connectivity index (χ1v) is 7.88. The van der Waals surface area contributed by atoms with Crippen LogP contribution in [0.2, 0.25) is 0 Å². The molecule has 7 nitrogen and oxygen atoms in total. The minimum absolute atomic E-state index is 0.0312. The van der Waals surface area contributed by atoms with Gasteiger partial charge in [0.25, 0.3) is 10.0 Å². The van der Waals surface area contributed by atoms with E-state index >= 15 is 0 Å². The molecule has 0 saturated carbocycles. The second-order valence-corrected chi connectivity index (χ2v) is 5.85. The highest BCUT2D eigenvalue weighted by atomic mass is 32.2. The van der Waals surface area contributed by atoms with E-state index < -0.39 is 10.0 Å². The fourth-order valence-corrected chi connectivity index (χ4v) is 2.63. The number of carbonyl (C=O) groups excluding carboxylic acids is 1. The van der Waals surface area contributed by atoms with E-state index in [0.29, 0.717) is 12.2 Å². The maximum absolute atomic E-state index is 12.1. The first-order valence-electron chi connectivity index (χ1n) is 6.40. The van der Waals surface area contributed by atoms with Crippen LogP contribution in [0.4, 0.5) is 5.69 Å². The Morgan fingerprint density at radius 1 is 1.30 bits per heavy atom. The number of carbonyl (C=O) groups is 1. The minimum Gasteiger partial charge on any atom is -0.383 e. The molecule has 0 unspecified atom stereocenters. The van der Waals surface area contributed by atoms with E-state index in [4.69, 9.17) is 0 Å². The van der Waals surface area contributed by atoms with Crippen LogP contribution in [0.25, 0.3) is 0 Å². The Morgan fingerprint density at radius 3 is 2.70 bits per heavy atom. The Balaban J connectivity index is 2.73. The summed E-state index contributed by atoms with van der Waals surface area (Å²) in [5.74, 6) is -0.202. The van der Waals surface area contributed by atoms with Gasteiger partial charge in [-0.3, -0.25) is 4.79 Å². The van der Waals surface area contributed by atoms with Gasteiger partial charge in [0, 0.05) is 32.8 Å². The van der Waals surface area contributed by atoms with E-state index in [1.807, 2.05) is 6.92 Å². The highest BCUT2D eigenvalue weighted by Gasteiger charge is 2.19. The van der Waals surface area contributed by atoms with Gasteiger partial charge >= 0.3 is 0 Å². The molecule has 1 aromatic rings. The van der Waals surface area contributed by atoms with Gasteiger partial charge in [0.2, 0.25) is 5.91 Å². The second-order valence-electron chi connectivity index (χ2n) is 4.16. The molecule has 0 aliphatic carbocycles. The molecule has 0 bridgehead atoms. The predicted octanol–water partition coefficient (Wildman–Crippen LogP) is 0.318. The van der Waals surface area contributed by atoms with Gasteiger partial charge in [0.1, 0.15) is 0 Å². The van der Waals surface area contributed by atoms with Crippen molar-refractivity contribution in [2.45, 2.75) is 25.3 Å². The number of rotatable bonds is 8. The van der Waals surface area contributed by atoms with Crippen molar-refractivity contribution in [2.75, 3.05) is 25.0 Å². The third kappa shape index (κ3) is 5.14. The molecule has 20 heavy (non-hydrogen) atoms. The van der Waals surface area contributed by atoms with Crippen molar-refractivity contribution in [3.63, 3.8) is 0 Å². The van der Waals surface area contributed by atoms with Crippen LogP contribution in [-0.2, 0) is 14.8 Å². The molecule has 0 saturated heterocycles. The monoisotopic (exact) mass is 300 g/mol. The number of nitrogens with one attached hydrogen (secondary N) is 3. The zero-order chi connectivity index (χ0) is 15.0. The van der Waals surface area contributed by atoms with Crippen LogP contribution in [-0.4, -0.2) is 38.9 Å². The molecule has 1 rings (SSSR count).